The van der Waals surface area contributed by atoms with E-state index in [9.17, 15) is 14.7 Å². The van der Waals surface area contributed by atoms with E-state index in [4.69, 9.17) is 5.73 Å². The lowest BCUT2D eigenvalue weighted by Crippen LogP contribution is -2.42. The van der Waals surface area contributed by atoms with Gasteiger partial charge in [0, 0.05) is 19.2 Å². The Morgan fingerprint density at radius 1 is 0.970 bits per heavy atom. The predicted octanol–water partition coefficient (Wildman–Crippen LogP) is 3.74. The van der Waals surface area contributed by atoms with Crippen LogP contribution in [0.1, 0.15) is 40.3 Å². The van der Waals surface area contributed by atoms with Crippen molar-refractivity contribution >= 4 is 17.5 Å². The van der Waals surface area contributed by atoms with Crippen molar-refractivity contribution in [2.45, 2.75) is 46.2 Å². The number of carbonyl (C=O) groups excluding carboxylic acids is 2. The Kier molecular flexibility index (Phi) is 7.85. The van der Waals surface area contributed by atoms with Gasteiger partial charge in [-0.15, -0.1) is 0 Å². The van der Waals surface area contributed by atoms with Crippen LogP contribution in [0.5, 0.6) is 5.75 Å². The number of phenolic OH excluding ortho intramolecular Hbond substituents is 1. The minimum atomic E-state index is -0.733. The third kappa shape index (κ3) is 6.67. The first-order valence-corrected chi connectivity index (χ1v) is 11.0. The Morgan fingerprint density at radius 2 is 1.64 bits per heavy atom. The van der Waals surface area contributed by atoms with Crippen LogP contribution in [0.25, 0.3) is 0 Å². The molecule has 3 aromatic rings. The third-order valence-corrected chi connectivity index (χ3v) is 5.63. The van der Waals surface area contributed by atoms with Crippen LogP contribution in [0.2, 0.25) is 0 Å². The molecule has 0 aromatic heterocycles. The first kappa shape index (κ1) is 24.0. The van der Waals surface area contributed by atoms with Crippen molar-refractivity contribution in [2.24, 2.45) is 5.73 Å². The molecule has 0 aliphatic carbocycles. The van der Waals surface area contributed by atoms with Crippen LogP contribution in [0.4, 0.5) is 5.69 Å². The smallest absolute Gasteiger partial charge is 0.237 e. The van der Waals surface area contributed by atoms with Crippen molar-refractivity contribution in [1.82, 2.24) is 5.32 Å². The highest BCUT2D eigenvalue weighted by molar-refractivity contribution is 5.89. The van der Waals surface area contributed by atoms with Gasteiger partial charge in [-0.25, -0.2) is 0 Å². The van der Waals surface area contributed by atoms with E-state index >= 15 is 0 Å². The molecule has 172 valence electrons. The molecule has 0 fully saturated rings. The fraction of sp³-hybridized carbons (Fsp3) is 0.259. The maximum absolute atomic E-state index is 12.7. The van der Waals surface area contributed by atoms with Crippen molar-refractivity contribution in [1.29, 1.82) is 0 Å². The van der Waals surface area contributed by atoms with E-state index in [0.717, 1.165) is 34.2 Å². The minimum absolute atomic E-state index is 0.173. The van der Waals surface area contributed by atoms with Crippen molar-refractivity contribution in [2.75, 3.05) is 5.32 Å². The molecule has 33 heavy (non-hydrogen) atoms. The zero-order valence-electron chi connectivity index (χ0n) is 19.3. The third-order valence-electron chi connectivity index (χ3n) is 5.63. The quantitative estimate of drug-likeness (QED) is 0.424. The molecule has 0 aliphatic heterocycles. The average molecular weight is 446 g/mol. The number of benzene rings is 3. The normalized spacial score (nSPS) is 11.6. The van der Waals surface area contributed by atoms with Crippen LogP contribution in [-0.2, 0) is 29.0 Å². The molecule has 0 spiro atoms. The van der Waals surface area contributed by atoms with E-state index in [1.165, 1.54) is 12.5 Å². The lowest BCUT2D eigenvalue weighted by atomic mass is 9.96. The molecule has 0 saturated heterocycles. The van der Waals surface area contributed by atoms with Gasteiger partial charge in [0.15, 0.2) is 0 Å². The SMILES string of the molecule is CC(=O)Nc1ccc(Cc2ccccc2)cc1CNC(=O)[C@@H](N)Cc1c(C)cc(O)cc1C. The number of nitrogens with one attached hydrogen (secondary N) is 2. The standard InChI is InChI=1S/C27H31N3O3/c1-17-11-23(32)12-18(2)24(17)15-25(28)27(33)29-16-22-14-21(9-10-26(22)30-19(3)31)13-20-7-5-4-6-8-20/h4-12,14,25,32H,13,15-16,28H2,1-3H3,(H,29,33)(H,30,31)/t25-/m0/s1. The number of aromatic hydroxyl groups is 1. The molecule has 1 atom stereocenters. The first-order valence-electron chi connectivity index (χ1n) is 11.0. The average Bonchev–Trinajstić information content (AvgIpc) is 2.76. The Labute approximate surface area is 194 Å². The number of carbonyl (C=O) groups is 2. The van der Waals surface area contributed by atoms with Crippen LogP contribution in [-0.4, -0.2) is 23.0 Å². The molecule has 0 unspecified atom stereocenters. The van der Waals surface area contributed by atoms with E-state index in [1.807, 2.05) is 50.2 Å². The monoisotopic (exact) mass is 445 g/mol. The summed E-state index contributed by atoms with van der Waals surface area (Å²) < 4.78 is 0. The van der Waals surface area contributed by atoms with Gasteiger partial charge in [-0.2, -0.15) is 0 Å². The molecule has 3 aromatic carbocycles. The summed E-state index contributed by atoms with van der Waals surface area (Å²) in [7, 11) is 0. The molecule has 6 nitrogen and oxygen atoms in total. The Bertz CT molecular complexity index is 1120. The van der Waals surface area contributed by atoms with Crippen molar-refractivity contribution in [3.8, 4) is 5.75 Å². The van der Waals surface area contributed by atoms with Gasteiger partial charge in [0.2, 0.25) is 11.8 Å². The Morgan fingerprint density at radius 3 is 2.27 bits per heavy atom. The molecule has 3 rings (SSSR count). The highest BCUT2D eigenvalue weighted by atomic mass is 16.3. The van der Waals surface area contributed by atoms with Gasteiger partial charge < -0.3 is 21.5 Å². The number of hydrogen-bond donors (Lipinski definition) is 4. The number of phenols is 1. The van der Waals surface area contributed by atoms with E-state index in [0.29, 0.717) is 12.1 Å². The number of nitrogens with two attached hydrogens (primary N) is 1. The highest BCUT2D eigenvalue weighted by Gasteiger charge is 2.17. The zero-order chi connectivity index (χ0) is 24.0. The lowest BCUT2D eigenvalue weighted by Gasteiger charge is -2.17. The maximum Gasteiger partial charge on any atom is 0.237 e. The Hall–Kier alpha value is -3.64. The van der Waals surface area contributed by atoms with Crippen LogP contribution < -0.4 is 16.4 Å². The number of hydrogen-bond acceptors (Lipinski definition) is 4. The molecule has 0 aliphatic rings. The molecule has 5 N–H and O–H groups in total. The minimum Gasteiger partial charge on any atom is -0.508 e. The maximum atomic E-state index is 12.7. The fourth-order valence-electron chi connectivity index (χ4n) is 3.97. The van der Waals surface area contributed by atoms with Gasteiger partial charge in [-0.05, 0) is 78.3 Å². The van der Waals surface area contributed by atoms with Crippen molar-refractivity contribution in [3.05, 3.63) is 94.0 Å². The summed E-state index contributed by atoms with van der Waals surface area (Å²) in [5.41, 5.74) is 12.7. The van der Waals surface area contributed by atoms with Gasteiger partial charge in [0.25, 0.3) is 0 Å². The van der Waals surface area contributed by atoms with Gasteiger partial charge in [-0.3, -0.25) is 9.59 Å². The molecular formula is C27H31N3O3. The number of rotatable bonds is 8. The fourth-order valence-corrected chi connectivity index (χ4v) is 3.97. The zero-order valence-corrected chi connectivity index (χ0v) is 19.3. The second-order valence-corrected chi connectivity index (χ2v) is 8.42. The molecule has 0 saturated carbocycles. The summed E-state index contributed by atoms with van der Waals surface area (Å²) in [6.45, 7) is 5.49. The number of anilines is 1. The van der Waals surface area contributed by atoms with E-state index in [1.54, 1.807) is 12.1 Å². The van der Waals surface area contributed by atoms with Crippen LogP contribution in [0.15, 0.2) is 60.7 Å². The second kappa shape index (κ2) is 10.8. The van der Waals surface area contributed by atoms with E-state index in [-0.39, 0.29) is 24.1 Å². The van der Waals surface area contributed by atoms with Gasteiger partial charge in [0.05, 0.1) is 6.04 Å². The van der Waals surface area contributed by atoms with E-state index in [2.05, 4.69) is 22.8 Å². The summed E-state index contributed by atoms with van der Waals surface area (Å²) in [4.78, 5) is 24.4. The van der Waals surface area contributed by atoms with Gasteiger partial charge in [-0.1, -0.05) is 42.5 Å². The van der Waals surface area contributed by atoms with Crippen LogP contribution in [0.3, 0.4) is 0 Å². The summed E-state index contributed by atoms with van der Waals surface area (Å²) in [5.74, 6) is -0.245. The van der Waals surface area contributed by atoms with Gasteiger partial charge in [0.1, 0.15) is 5.75 Å². The summed E-state index contributed by atoms with van der Waals surface area (Å²) in [6, 6.07) is 18.6. The molecular weight excluding hydrogens is 414 g/mol. The van der Waals surface area contributed by atoms with Crippen LogP contribution >= 0.6 is 0 Å². The van der Waals surface area contributed by atoms with Crippen LogP contribution in [0, 0.1) is 13.8 Å². The molecule has 6 heteroatoms. The molecule has 0 bridgehead atoms. The number of aryl methyl sites for hydroxylation is 2. The van der Waals surface area contributed by atoms with Crippen molar-refractivity contribution in [3.63, 3.8) is 0 Å². The predicted molar refractivity (Wildman–Crippen MR) is 131 cm³/mol. The molecule has 2 amide bonds. The van der Waals surface area contributed by atoms with E-state index < -0.39 is 6.04 Å². The second-order valence-electron chi connectivity index (χ2n) is 8.42. The topological polar surface area (TPSA) is 104 Å². The highest BCUT2D eigenvalue weighted by Crippen LogP contribution is 2.22. The largest absolute Gasteiger partial charge is 0.508 e. The summed E-state index contributed by atoms with van der Waals surface area (Å²) >= 11 is 0. The summed E-state index contributed by atoms with van der Waals surface area (Å²) in [5, 5.41) is 15.5. The first-order chi connectivity index (χ1) is 15.7. The number of amides is 2. The lowest BCUT2D eigenvalue weighted by molar-refractivity contribution is -0.122. The van der Waals surface area contributed by atoms with Crippen molar-refractivity contribution < 1.29 is 14.7 Å². The molecule has 0 radical (unpaired) electrons. The van der Waals surface area contributed by atoms with Gasteiger partial charge >= 0.3 is 0 Å². The molecule has 0 heterocycles. The summed E-state index contributed by atoms with van der Waals surface area (Å²) in [6.07, 6.45) is 1.12. The Balaban J connectivity index is 1.72.